The number of nitrogens with one attached hydrogen (secondary N) is 1. The van der Waals surface area contributed by atoms with Gasteiger partial charge in [0.2, 0.25) is 11.8 Å². The van der Waals surface area contributed by atoms with Gasteiger partial charge in [0.1, 0.15) is 5.56 Å². The van der Waals surface area contributed by atoms with Crippen LogP contribution in [-0.2, 0) is 11.3 Å². The molecule has 0 unspecified atom stereocenters. The number of carbonyl (C=O) groups excluding carboxylic acids is 2. The van der Waals surface area contributed by atoms with Gasteiger partial charge in [-0.3, -0.25) is 9.59 Å². The molecule has 1 aliphatic rings. The van der Waals surface area contributed by atoms with Gasteiger partial charge in [-0.25, -0.2) is 4.98 Å². The number of aromatic nitrogens is 1. The van der Waals surface area contributed by atoms with Crippen LogP contribution in [0, 0.1) is 13.8 Å². The summed E-state index contributed by atoms with van der Waals surface area (Å²) in [4.78, 5) is 31.5. The second-order valence-electron chi connectivity index (χ2n) is 7.34. The average molecular weight is 401 g/mol. The Hall–Kier alpha value is -3.67. The first-order chi connectivity index (χ1) is 14.5. The molecule has 0 fully saturated rings. The Morgan fingerprint density at radius 2 is 1.93 bits per heavy atom. The number of amides is 2. The molecule has 1 aliphatic heterocycles. The fourth-order valence-electron chi connectivity index (χ4n) is 3.44. The van der Waals surface area contributed by atoms with Gasteiger partial charge in [0, 0.05) is 25.7 Å². The smallest absolute Gasteiger partial charge is 0.263 e. The Kier molecular flexibility index (Phi) is 5.48. The maximum Gasteiger partial charge on any atom is 0.263 e. The molecule has 6 heteroatoms. The average Bonchev–Trinajstić information content (AvgIpc) is 2.86. The van der Waals surface area contributed by atoms with Crippen LogP contribution in [0.5, 0.6) is 11.6 Å². The number of pyridine rings is 1. The fraction of sp³-hybridized carbons (Fsp3) is 0.208. The summed E-state index contributed by atoms with van der Waals surface area (Å²) in [5, 5.41) is 2.94. The molecule has 0 atom stereocenters. The minimum Gasteiger partial charge on any atom is -0.436 e. The molecule has 152 valence electrons. The van der Waals surface area contributed by atoms with Gasteiger partial charge >= 0.3 is 0 Å². The van der Waals surface area contributed by atoms with E-state index in [0.717, 1.165) is 16.7 Å². The molecular weight excluding hydrogens is 378 g/mol. The van der Waals surface area contributed by atoms with Crippen molar-refractivity contribution < 1.29 is 14.3 Å². The third-order valence-electron chi connectivity index (χ3n) is 5.16. The molecule has 0 bridgehead atoms. The number of nitrogens with zero attached hydrogens (tertiary/aromatic N) is 2. The van der Waals surface area contributed by atoms with Gasteiger partial charge in [-0.2, -0.15) is 0 Å². The zero-order chi connectivity index (χ0) is 21.1. The number of hydrogen-bond acceptors (Lipinski definition) is 4. The van der Waals surface area contributed by atoms with Crippen LogP contribution in [0.1, 0.15) is 33.5 Å². The largest absolute Gasteiger partial charge is 0.436 e. The lowest BCUT2D eigenvalue weighted by molar-refractivity contribution is -0.121. The van der Waals surface area contributed by atoms with E-state index in [4.69, 9.17) is 4.74 Å². The standard InChI is InChI=1S/C24H23N3O3/c1-16-9-10-21-20(14-16)27(24(29)19-8-5-12-25-23(19)30-21)13-11-22(28)26-15-18-7-4-3-6-17(18)2/h3-10,12,14H,11,13,15H2,1-2H3,(H,26,28). The predicted molar refractivity (Wildman–Crippen MR) is 115 cm³/mol. The van der Waals surface area contributed by atoms with E-state index in [0.29, 0.717) is 23.5 Å². The zero-order valence-corrected chi connectivity index (χ0v) is 17.0. The van der Waals surface area contributed by atoms with Gasteiger partial charge in [-0.1, -0.05) is 30.3 Å². The summed E-state index contributed by atoms with van der Waals surface area (Å²) in [5.41, 5.74) is 4.23. The van der Waals surface area contributed by atoms with Gasteiger partial charge in [-0.15, -0.1) is 0 Å². The van der Waals surface area contributed by atoms with Crippen molar-refractivity contribution in [3.8, 4) is 11.6 Å². The molecule has 2 aromatic carbocycles. The monoisotopic (exact) mass is 401 g/mol. The minimum atomic E-state index is -0.228. The summed E-state index contributed by atoms with van der Waals surface area (Å²) < 4.78 is 5.91. The lowest BCUT2D eigenvalue weighted by atomic mass is 10.1. The van der Waals surface area contributed by atoms with Gasteiger partial charge in [-0.05, 0) is 54.8 Å². The van der Waals surface area contributed by atoms with Crippen LogP contribution in [0.25, 0.3) is 0 Å². The number of rotatable bonds is 5. The van der Waals surface area contributed by atoms with Crippen LogP contribution in [0.4, 0.5) is 5.69 Å². The normalized spacial score (nSPS) is 12.5. The molecule has 1 N–H and O–H groups in total. The quantitative estimate of drug-likeness (QED) is 0.697. The van der Waals surface area contributed by atoms with E-state index in [9.17, 15) is 9.59 Å². The highest BCUT2D eigenvalue weighted by Crippen LogP contribution is 2.38. The van der Waals surface area contributed by atoms with E-state index in [1.165, 1.54) is 0 Å². The van der Waals surface area contributed by atoms with E-state index < -0.39 is 0 Å². The first kappa shape index (κ1) is 19.6. The molecule has 0 saturated carbocycles. The van der Waals surface area contributed by atoms with Crippen molar-refractivity contribution in [2.24, 2.45) is 0 Å². The number of aryl methyl sites for hydroxylation is 2. The Bertz CT molecular complexity index is 1110. The third kappa shape index (κ3) is 4.03. The number of hydrogen-bond donors (Lipinski definition) is 1. The molecule has 6 nitrogen and oxygen atoms in total. The Balaban J connectivity index is 1.52. The van der Waals surface area contributed by atoms with Crippen molar-refractivity contribution in [3.05, 3.63) is 83.0 Å². The summed E-state index contributed by atoms with van der Waals surface area (Å²) in [5.74, 6) is 0.483. The van der Waals surface area contributed by atoms with Crippen molar-refractivity contribution in [2.45, 2.75) is 26.8 Å². The van der Waals surface area contributed by atoms with E-state index in [1.54, 1.807) is 23.2 Å². The van der Waals surface area contributed by atoms with E-state index >= 15 is 0 Å². The van der Waals surface area contributed by atoms with Gasteiger partial charge in [0.25, 0.3) is 5.91 Å². The minimum absolute atomic E-state index is 0.114. The van der Waals surface area contributed by atoms with Gasteiger partial charge in [0.15, 0.2) is 5.75 Å². The summed E-state index contributed by atoms with van der Waals surface area (Å²) >= 11 is 0. The fourth-order valence-corrected chi connectivity index (χ4v) is 3.44. The highest BCUT2D eigenvalue weighted by molar-refractivity contribution is 6.09. The predicted octanol–water partition coefficient (Wildman–Crippen LogP) is 4.16. The third-order valence-corrected chi connectivity index (χ3v) is 5.16. The number of fused-ring (bicyclic) bond motifs is 2. The highest BCUT2D eigenvalue weighted by atomic mass is 16.5. The molecule has 0 saturated heterocycles. The van der Waals surface area contributed by atoms with Crippen LogP contribution in [0.2, 0.25) is 0 Å². The molecule has 4 rings (SSSR count). The van der Waals surface area contributed by atoms with Crippen LogP contribution in [0.15, 0.2) is 60.8 Å². The van der Waals surface area contributed by atoms with Crippen LogP contribution in [-0.4, -0.2) is 23.3 Å². The number of carbonyl (C=O) groups is 2. The van der Waals surface area contributed by atoms with Crippen molar-refractivity contribution in [3.63, 3.8) is 0 Å². The van der Waals surface area contributed by atoms with E-state index in [-0.39, 0.29) is 30.7 Å². The Morgan fingerprint density at radius 3 is 2.77 bits per heavy atom. The second kappa shape index (κ2) is 8.37. The van der Waals surface area contributed by atoms with Crippen LogP contribution >= 0.6 is 0 Å². The number of anilines is 1. The molecule has 0 spiro atoms. The summed E-state index contributed by atoms with van der Waals surface area (Å²) in [6.07, 6.45) is 1.77. The first-order valence-electron chi connectivity index (χ1n) is 9.89. The lowest BCUT2D eigenvalue weighted by Crippen LogP contribution is -2.35. The molecule has 0 radical (unpaired) electrons. The molecule has 30 heavy (non-hydrogen) atoms. The van der Waals surface area contributed by atoms with Gasteiger partial charge < -0.3 is 15.0 Å². The molecule has 2 amide bonds. The molecule has 3 aromatic rings. The summed E-state index contributed by atoms with van der Waals surface area (Å²) in [6.45, 7) is 4.67. The summed E-state index contributed by atoms with van der Waals surface area (Å²) in [6, 6.07) is 17.0. The Labute approximate surface area is 175 Å². The number of benzene rings is 2. The molecule has 1 aromatic heterocycles. The van der Waals surface area contributed by atoms with Crippen molar-refractivity contribution in [1.82, 2.24) is 10.3 Å². The van der Waals surface area contributed by atoms with Crippen molar-refractivity contribution in [2.75, 3.05) is 11.4 Å². The van der Waals surface area contributed by atoms with Crippen LogP contribution in [0.3, 0.4) is 0 Å². The summed E-state index contributed by atoms with van der Waals surface area (Å²) in [7, 11) is 0. The topological polar surface area (TPSA) is 71.5 Å². The first-order valence-corrected chi connectivity index (χ1v) is 9.89. The maximum absolute atomic E-state index is 13.2. The second-order valence-corrected chi connectivity index (χ2v) is 7.34. The van der Waals surface area contributed by atoms with Crippen molar-refractivity contribution in [1.29, 1.82) is 0 Å². The number of ether oxygens (including phenoxy) is 1. The maximum atomic E-state index is 13.2. The van der Waals surface area contributed by atoms with Gasteiger partial charge in [0.05, 0.1) is 5.69 Å². The lowest BCUT2D eigenvalue weighted by Gasteiger charge is -2.22. The molecule has 2 heterocycles. The van der Waals surface area contributed by atoms with E-state index in [1.807, 2.05) is 56.3 Å². The SMILES string of the molecule is Cc1ccc2c(c1)N(CCC(=O)NCc1ccccc1C)C(=O)c1cccnc1O2. The van der Waals surface area contributed by atoms with Crippen LogP contribution < -0.4 is 15.0 Å². The molecular formula is C24H23N3O3. The molecule has 0 aliphatic carbocycles. The Morgan fingerprint density at radius 1 is 1.10 bits per heavy atom. The zero-order valence-electron chi connectivity index (χ0n) is 17.0. The van der Waals surface area contributed by atoms with E-state index in [2.05, 4.69) is 10.3 Å². The highest BCUT2D eigenvalue weighted by Gasteiger charge is 2.29. The van der Waals surface area contributed by atoms with Crippen molar-refractivity contribution >= 4 is 17.5 Å².